The van der Waals surface area contributed by atoms with E-state index in [0.29, 0.717) is 11.6 Å². The molecular formula is C12H16ClNO2. The molecule has 3 nitrogen and oxygen atoms in total. The van der Waals surface area contributed by atoms with Gasteiger partial charge in [0.15, 0.2) is 0 Å². The Balaban J connectivity index is 2.00. The summed E-state index contributed by atoms with van der Waals surface area (Å²) >= 11 is 5.95. The predicted molar refractivity (Wildman–Crippen MR) is 63.5 cm³/mol. The van der Waals surface area contributed by atoms with Crippen LogP contribution in [0.3, 0.4) is 0 Å². The lowest BCUT2D eigenvalue weighted by Gasteiger charge is -2.11. The van der Waals surface area contributed by atoms with Crippen LogP contribution in [0, 0.1) is 5.92 Å². The Morgan fingerprint density at radius 1 is 1.44 bits per heavy atom. The molecular weight excluding hydrogens is 226 g/mol. The molecule has 88 valence electrons. The smallest absolute Gasteiger partial charge is 0.123 e. The zero-order chi connectivity index (χ0) is 11.4. The van der Waals surface area contributed by atoms with Crippen molar-refractivity contribution >= 4 is 11.6 Å². The molecule has 0 heterocycles. The zero-order valence-corrected chi connectivity index (χ0v) is 10.1. The minimum atomic E-state index is 0.594. The molecule has 16 heavy (non-hydrogen) atoms. The molecule has 0 atom stereocenters. The summed E-state index contributed by atoms with van der Waals surface area (Å²) in [6, 6.07) is 5.66. The summed E-state index contributed by atoms with van der Waals surface area (Å²) in [4.78, 5) is 4.83. The first kappa shape index (κ1) is 11.7. The van der Waals surface area contributed by atoms with Gasteiger partial charge in [-0.2, -0.15) is 5.48 Å². The van der Waals surface area contributed by atoms with Gasteiger partial charge < -0.3 is 9.57 Å². The molecule has 1 fully saturated rings. The number of benzene rings is 1. The molecule has 0 aromatic heterocycles. The van der Waals surface area contributed by atoms with Crippen LogP contribution < -0.4 is 10.2 Å². The highest BCUT2D eigenvalue weighted by Gasteiger charge is 2.22. The zero-order valence-electron chi connectivity index (χ0n) is 9.33. The average Bonchev–Trinajstić information content (AvgIpc) is 3.09. The minimum Gasteiger partial charge on any atom is -0.493 e. The summed E-state index contributed by atoms with van der Waals surface area (Å²) in [5, 5.41) is 0.715. The van der Waals surface area contributed by atoms with Gasteiger partial charge in [0.05, 0.1) is 13.7 Å². The van der Waals surface area contributed by atoms with Gasteiger partial charge >= 0.3 is 0 Å². The van der Waals surface area contributed by atoms with Crippen LogP contribution >= 0.6 is 11.6 Å². The van der Waals surface area contributed by atoms with E-state index in [2.05, 4.69) is 5.48 Å². The highest BCUT2D eigenvalue weighted by molar-refractivity contribution is 6.30. The fourth-order valence-corrected chi connectivity index (χ4v) is 1.66. The van der Waals surface area contributed by atoms with E-state index in [1.807, 2.05) is 18.2 Å². The van der Waals surface area contributed by atoms with Crippen molar-refractivity contribution in [2.75, 3.05) is 13.7 Å². The molecule has 0 bridgehead atoms. The molecule has 0 radical (unpaired) electrons. The largest absolute Gasteiger partial charge is 0.493 e. The second-order valence-electron chi connectivity index (χ2n) is 4.03. The van der Waals surface area contributed by atoms with Crippen LogP contribution in [0.15, 0.2) is 18.2 Å². The summed E-state index contributed by atoms with van der Waals surface area (Å²) in [5.74, 6) is 1.64. The summed E-state index contributed by atoms with van der Waals surface area (Å²) in [5.41, 5.74) is 3.82. The van der Waals surface area contributed by atoms with Crippen LogP contribution in [0.25, 0.3) is 0 Å². The molecule has 1 aromatic rings. The Morgan fingerprint density at radius 2 is 2.25 bits per heavy atom. The van der Waals surface area contributed by atoms with Crippen molar-refractivity contribution in [1.82, 2.24) is 5.48 Å². The highest BCUT2D eigenvalue weighted by Crippen LogP contribution is 2.31. The topological polar surface area (TPSA) is 30.5 Å². The maximum Gasteiger partial charge on any atom is 0.123 e. The SMILES string of the molecule is CONCc1cc(Cl)ccc1OCC1CC1. The molecule has 2 rings (SSSR count). The number of ether oxygens (including phenoxy) is 1. The Bertz CT molecular complexity index is 353. The fourth-order valence-electron chi connectivity index (χ4n) is 1.47. The first-order valence-electron chi connectivity index (χ1n) is 5.46. The quantitative estimate of drug-likeness (QED) is 0.777. The highest BCUT2D eigenvalue weighted by atomic mass is 35.5. The summed E-state index contributed by atoms with van der Waals surface area (Å²) in [6.07, 6.45) is 2.58. The third-order valence-electron chi connectivity index (χ3n) is 2.60. The van der Waals surface area contributed by atoms with E-state index >= 15 is 0 Å². The number of nitrogens with one attached hydrogen (secondary N) is 1. The van der Waals surface area contributed by atoms with E-state index in [9.17, 15) is 0 Å². The lowest BCUT2D eigenvalue weighted by atomic mass is 10.2. The lowest BCUT2D eigenvalue weighted by molar-refractivity contribution is 0.0859. The molecule has 1 N–H and O–H groups in total. The van der Waals surface area contributed by atoms with Crippen LogP contribution in [-0.2, 0) is 11.4 Å². The summed E-state index contributed by atoms with van der Waals surface area (Å²) in [6.45, 7) is 1.40. The van der Waals surface area contributed by atoms with Crippen molar-refractivity contribution in [2.24, 2.45) is 5.92 Å². The van der Waals surface area contributed by atoms with Gasteiger partial charge in [-0.1, -0.05) is 11.6 Å². The van der Waals surface area contributed by atoms with E-state index in [4.69, 9.17) is 21.2 Å². The van der Waals surface area contributed by atoms with Crippen LogP contribution in [0.4, 0.5) is 0 Å². The Morgan fingerprint density at radius 3 is 2.94 bits per heavy atom. The van der Waals surface area contributed by atoms with E-state index in [0.717, 1.165) is 23.8 Å². The third kappa shape index (κ3) is 3.37. The van der Waals surface area contributed by atoms with Crippen molar-refractivity contribution in [3.05, 3.63) is 28.8 Å². The van der Waals surface area contributed by atoms with Gasteiger partial charge in [-0.25, -0.2) is 0 Å². The van der Waals surface area contributed by atoms with Crippen LogP contribution in [0.2, 0.25) is 5.02 Å². The van der Waals surface area contributed by atoms with E-state index in [1.54, 1.807) is 7.11 Å². The number of hydrogen-bond acceptors (Lipinski definition) is 3. The number of hydrogen-bond donors (Lipinski definition) is 1. The molecule has 1 aliphatic carbocycles. The standard InChI is InChI=1S/C12H16ClNO2/c1-15-14-7-10-6-11(13)4-5-12(10)16-8-9-2-3-9/h4-6,9,14H,2-3,7-8H2,1H3. The first-order chi connectivity index (χ1) is 7.79. The van der Waals surface area contributed by atoms with Crippen molar-refractivity contribution in [3.63, 3.8) is 0 Å². The van der Waals surface area contributed by atoms with Gasteiger partial charge in [0, 0.05) is 17.1 Å². The molecule has 1 aromatic carbocycles. The van der Waals surface area contributed by atoms with Gasteiger partial charge in [-0.15, -0.1) is 0 Å². The summed E-state index contributed by atoms with van der Waals surface area (Å²) < 4.78 is 5.76. The molecule has 0 spiro atoms. The molecule has 0 aliphatic heterocycles. The second kappa shape index (κ2) is 5.53. The van der Waals surface area contributed by atoms with Crippen LogP contribution in [-0.4, -0.2) is 13.7 Å². The van der Waals surface area contributed by atoms with Gasteiger partial charge in [0.2, 0.25) is 0 Å². The van der Waals surface area contributed by atoms with Crippen LogP contribution in [0.5, 0.6) is 5.75 Å². The Kier molecular flexibility index (Phi) is 4.04. The van der Waals surface area contributed by atoms with E-state index in [1.165, 1.54) is 12.8 Å². The van der Waals surface area contributed by atoms with Gasteiger partial charge in [0.25, 0.3) is 0 Å². The normalized spacial score (nSPS) is 15.1. The lowest BCUT2D eigenvalue weighted by Crippen LogP contribution is -2.12. The monoisotopic (exact) mass is 241 g/mol. The Labute approximate surface area is 101 Å². The van der Waals surface area contributed by atoms with E-state index < -0.39 is 0 Å². The molecule has 0 unspecified atom stereocenters. The van der Waals surface area contributed by atoms with Gasteiger partial charge in [-0.05, 0) is 37.0 Å². The van der Waals surface area contributed by atoms with Crippen molar-refractivity contribution in [2.45, 2.75) is 19.4 Å². The third-order valence-corrected chi connectivity index (χ3v) is 2.84. The van der Waals surface area contributed by atoms with E-state index in [-0.39, 0.29) is 0 Å². The molecule has 0 amide bonds. The number of halogens is 1. The first-order valence-corrected chi connectivity index (χ1v) is 5.84. The van der Waals surface area contributed by atoms with Gasteiger partial charge in [-0.3, -0.25) is 0 Å². The van der Waals surface area contributed by atoms with Crippen LogP contribution in [0.1, 0.15) is 18.4 Å². The van der Waals surface area contributed by atoms with Crippen molar-refractivity contribution < 1.29 is 9.57 Å². The fraction of sp³-hybridized carbons (Fsp3) is 0.500. The maximum atomic E-state index is 5.95. The molecule has 1 saturated carbocycles. The number of hydroxylamine groups is 1. The van der Waals surface area contributed by atoms with Gasteiger partial charge in [0.1, 0.15) is 5.75 Å². The molecule has 4 heteroatoms. The predicted octanol–water partition coefficient (Wildman–Crippen LogP) is 2.78. The average molecular weight is 242 g/mol. The second-order valence-corrected chi connectivity index (χ2v) is 4.47. The minimum absolute atomic E-state index is 0.594. The molecule has 1 aliphatic rings. The molecule has 0 saturated heterocycles. The Hall–Kier alpha value is -0.770. The van der Waals surface area contributed by atoms with Crippen molar-refractivity contribution in [3.8, 4) is 5.75 Å². The number of rotatable bonds is 6. The van der Waals surface area contributed by atoms with Crippen molar-refractivity contribution in [1.29, 1.82) is 0 Å². The maximum absolute atomic E-state index is 5.95. The summed E-state index contributed by atoms with van der Waals surface area (Å²) in [7, 11) is 1.59.